The van der Waals surface area contributed by atoms with E-state index in [0.717, 1.165) is 38.5 Å². The van der Waals surface area contributed by atoms with Gasteiger partial charge in [0, 0.05) is 39.3 Å². The van der Waals surface area contributed by atoms with Crippen LogP contribution in [0.2, 0.25) is 0 Å². The highest BCUT2D eigenvalue weighted by molar-refractivity contribution is 5.78. The second-order valence-electron chi connectivity index (χ2n) is 5.37. The average molecular weight is 303 g/mol. The molecule has 1 aliphatic rings. The van der Waals surface area contributed by atoms with Crippen LogP contribution in [0.3, 0.4) is 0 Å². The van der Waals surface area contributed by atoms with Crippen LogP contribution in [0.4, 0.5) is 0 Å². The third-order valence-corrected chi connectivity index (χ3v) is 3.70. The zero-order valence-electron chi connectivity index (χ0n) is 13.0. The van der Waals surface area contributed by atoms with Gasteiger partial charge in [-0.1, -0.05) is 24.3 Å². The van der Waals surface area contributed by atoms with Gasteiger partial charge in [0.1, 0.15) is 12.4 Å². The number of hydrogen-bond donors (Lipinski definition) is 1. The Balaban J connectivity index is 1.59. The van der Waals surface area contributed by atoms with Crippen LogP contribution in [0.25, 0.3) is 0 Å². The second kappa shape index (κ2) is 9.23. The normalized spacial score (nSPS) is 16.2. The molecule has 0 aliphatic carbocycles. The fourth-order valence-corrected chi connectivity index (χ4v) is 2.43. The largest absolute Gasteiger partial charge is 0.492 e. The lowest BCUT2D eigenvalue weighted by molar-refractivity contribution is -0.122. The number of ether oxygens (including phenoxy) is 1. The van der Waals surface area contributed by atoms with Gasteiger partial charge < -0.3 is 10.1 Å². The molecular formula is C17H25N3O2. The molecule has 1 aliphatic heterocycles. The van der Waals surface area contributed by atoms with Gasteiger partial charge in [0.25, 0.3) is 0 Å². The van der Waals surface area contributed by atoms with E-state index in [2.05, 4.69) is 21.7 Å². The van der Waals surface area contributed by atoms with Crippen molar-refractivity contribution in [1.82, 2.24) is 15.1 Å². The Bertz CT molecular complexity index is 456. The second-order valence-corrected chi connectivity index (χ2v) is 5.37. The van der Waals surface area contributed by atoms with Crippen molar-refractivity contribution in [2.24, 2.45) is 0 Å². The Labute approximate surface area is 132 Å². The molecule has 120 valence electrons. The fraction of sp³-hybridized carbons (Fsp3) is 0.471. The average Bonchev–Trinajstić information content (AvgIpc) is 2.55. The number of para-hydroxylation sites is 1. The van der Waals surface area contributed by atoms with E-state index in [0.29, 0.717) is 19.7 Å². The molecule has 0 spiro atoms. The molecule has 5 heteroatoms. The summed E-state index contributed by atoms with van der Waals surface area (Å²) in [6, 6.07) is 9.88. The maximum atomic E-state index is 11.6. The zero-order valence-corrected chi connectivity index (χ0v) is 13.0. The number of benzene rings is 1. The maximum Gasteiger partial charge on any atom is 0.234 e. The van der Waals surface area contributed by atoms with Crippen molar-refractivity contribution in [1.29, 1.82) is 0 Å². The summed E-state index contributed by atoms with van der Waals surface area (Å²) in [4.78, 5) is 16.2. The van der Waals surface area contributed by atoms with Crippen molar-refractivity contribution in [2.45, 2.75) is 0 Å². The smallest absolute Gasteiger partial charge is 0.234 e. The van der Waals surface area contributed by atoms with Crippen LogP contribution >= 0.6 is 0 Å². The summed E-state index contributed by atoms with van der Waals surface area (Å²) >= 11 is 0. The van der Waals surface area contributed by atoms with Crippen molar-refractivity contribution in [3.8, 4) is 5.75 Å². The Morgan fingerprint density at radius 1 is 1.18 bits per heavy atom. The molecule has 0 radical (unpaired) electrons. The highest BCUT2D eigenvalue weighted by Gasteiger charge is 2.18. The monoisotopic (exact) mass is 303 g/mol. The van der Waals surface area contributed by atoms with Crippen molar-refractivity contribution in [3.05, 3.63) is 43.0 Å². The lowest BCUT2D eigenvalue weighted by Gasteiger charge is -2.34. The first kappa shape index (κ1) is 16.5. The number of carbonyl (C=O) groups excluding carboxylic acids is 1. The maximum absolute atomic E-state index is 11.6. The summed E-state index contributed by atoms with van der Waals surface area (Å²) < 4.78 is 5.72. The molecule has 2 rings (SSSR count). The number of amides is 1. The van der Waals surface area contributed by atoms with Crippen LogP contribution in [0, 0.1) is 0 Å². The van der Waals surface area contributed by atoms with Crippen LogP contribution in [-0.4, -0.2) is 68.1 Å². The number of nitrogens with one attached hydrogen (secondary N) is 1. The van der Waals surface area contributed by atoms with Crippen LogP contribution < -0.4 is 10.1 Å². The molecule has 1 amide bonds. The molecule has 0 bridgehead atoms. The first-order valence-corrected chi connectivity index (χ1v) is 7.78. The SMILES string of the molecule is C=CCNC(=O)CN1CCN(CCOc2ccccc2)CC1. The van der Waals surface area contributed by atoms with Gasteiger partial charge in [0.05, 0.1) is 6.54 Å². The molecule has 1 N–H and O–H groups in total. The summed E-state index contributed by atoms with van der Waals surface area (Å²) in [7, 11) is 0. The lowest BCUT2D eigenvalue weighted by atomic mass is 10.3. The topological polar surface area (TPSA) is 44.8 Å². The highest BCUT2D eigenvalue weighted by atomic mass is 16.5. The van der Waals surface area contributed by atoms with Gasteiger partial charge in [-0.15, -0.1) is 6.58 Å². The van der Waals surface area contributed by atoms with Gasteiger partial charge >= 0.3 is 0 Å². The molecule has 0 saturated carbocycles. The van der Waals surface area contributed by atoms with E-state index in [1.807, 2.05) is 30.3 Å². The van der Waals surface area contributed by atoms with E-state index in [9.17, 15) is 4.79 Å². The quantitative estimate of drug-likeness (QED) is 0.727. The van der Waals surface area contributed by atoms with E-state index in [1.165, 1.54) is 0 Å². The molecule has 1 heterocycles. The standard InChI is InChI=1S/C17H25N3O2/c1-2-8-18-17(21)15-20-11-9-19(10-12-20)13-14-22-16-6-4-3-5-7-16/h2-7H,1,8-15H2,(H,18,21). The zero-order chi connectivity index (χ0) is 15.6. The molecule has 1 aromatic carbocycles. The van der Waals surface area contributed by atoms with Crippen LogP contribution in [0.5, 0.6) is 5.75 Å². The van der Waals surface area contributed by atoms with E-state index in [1.54, 1.807) is 6.08 Å². The number of rotatable bonds is 8. The number of hydrogen-bond acceptors (Lipinski definition) is 4. The van der Waals surface area contributed by atoms with Gasteiger partial charge in [-0.3, -0.25) is 14.6 Å². The molecule has 1 saturated heterocycles. The van der Waals surface area contributed by atoms with Crippen LogP contribution in [0.15, 0.2) is 43.0 Å². The number of nitrogens with zero attached hydrogens (tertiary/aromatic N) is 2. The summed E-state index contributed by atoms with van der Waals surface area (Å²) in [6.07, 6.45) is 1.70. The third-order valence-electron chi connectivity index (χ3n) is 3.70. The highest BCUT2D eigenvalue weighted by Crippen LogP contribution is 2.08. The van der Waals surface area contributed by atoms with Crippen molar-refractivity contribution >= 4 is 5.91 Å². The van der Waals surface area contributed by atoms with Crippen molar-refractivity contribution in [3.63, 3.8) is 0 Å². The summed E-state index contributed by atoms with van der Waals surface area (Å²) in [5.74, 6) is 0.987. The Kier molecular flexibility index (Phi) is 6.93. The van der Waals surface area contributed by atoms with Gasteiger partial charge in [-0.2, -0.15) is 0 Å². The minimum absolute atomic E-state index is 0.0701. The first-order chi connectivity index (χ1) is 10.8. The minimum Gasteiger partial charge on any atom is -0.492 e. The minimum atomic E-state index is 0.0701. The van der Waals surface area contributed by atoms with Gasteiger partial charge in [-0.05, 0) is 12.1 Å². The van der Waals surface area contributed by atoms with E-state index >= 15 is 0 Å². The molecule has 1 aromatic rings. The molecule has 22 heavy (non-hydrogen) atoms. The number of carbonyl (C=O) groups is 1. The van der Waals surface area contributed by atoms with Gasteiger partial charge in [-0.25, -0.2) is 0 Å². The molecular weight excluding hydrogens is 278 g/mol. The molecule has 0 atom stereocenters. The van der Waals surface area contributed by atoms with Crippen molar-refractivity contribution in [2.75, 3.05) is 52.4 Å². The molecule has 0 aromatic heterocycles. The predicted octanol–water partition coefficient (Wildman–Crippen LogP) is 0.985. The van der Waals surface area contributed by atoms with Gasteiger partial charge in [0.15, 0.2) is 0 Å². The Morgan fingerprint density at radius 3 is 2.55 bits per heavy atom. The molecule has 5 nitrogen and oxygen atoms in total. The first-order valence-electron chi connectivity index (χ1n) is 7.78. The summed E-state index contributed by atoms with van der Waals surface area (Å²) in [5, 5.41) is 2.81. The van der Waals surface area contributed by atoms with E-state index < -0.39 is 0 Å². The third kappa shape index (κ3) is 5.87. The fourth-order valence-electron chi connectivity index (χ4n) is 2.43. The summed E-state index contributed by atoms with van der Waals surface area (Å²) in [5.41, 5.74) is 0. The molecule has 0 unspecified atom stereocenters. The summed E-state index contributed by atoms with van der Waals surface area (Å²) in [6.45, 7) is 10.0. The van der Waals surface area contributed by atoms with E-state index in [4.69, 9.17) is 4.74 Å². The van der Waals surface area contributed by atoms with Crippen molar-refractivity contribution < 1.29 is 9.53 Å². The lowest BCUT2D eigenvalue weighted by Crippen LogP contribution is -2.50. The van der Waals surface area contributed by atoms with Crippen LogP contribution in [-0.2, 0) is 4.79 Å². The Hall–Kier alpha value is -1.85. The Morgan fingerprint density at radius 2 is 1.86 bits per heavy atom. The van der Waals surface area contributed by atoms with E-state index in [-0.39, 0.29) is 5.91 Å². The van der Waals surface area contributed by atoms with Crippen LogP contribution in [0.1, 0.15) is 0 Å². The number of piperazine rings is 1. The van der Waals surface area contributed by atoms with Gasteiger partial charge in [0.2, 0.25) is 5.91 Å². The molecule has 1 fully saturated rings. The predicted molar refractivity (Wildman–Crippen MR) is 88.0 cm³/mol.